The molecule has 0 aliphatic rings. The van der Waals surface area contributed by atoms with Crippen LogP contribution in [0.15, 0.2) is 12.1 Å². The van der Waals surface area contributed by atoms with Crippen LogP contribution in [0.3, 0.4) is 0 Å². The van der Waals surface area contributed by atoms with Gasteiger partial charge in [-0.1, -0.05) is 30.1 Å². The van der Waals surface area contributed by atoms with Gasteiger partial charge in [-0.2, -0.15) is 0 Å². The summed E-state index contributed by atoms with van der Waals surface area (Å²) in [6.07, 6.45) is 0.832. The Hall–Kier alpha value is -0.280. The SMILES string of the molecule is CCc1c(Cl)cc(Cl)cc1[C@H](N)CN. The zero-order chi connectivity index (χ0) is 10.7. The fraction of sp³-hybridized carbons (Fsp3) is 0.400. The molecule has 0 radical (unpaired) electrons. The third kappa shape index (κ3) is 2.39. The Morgan fingerprint density at radius 1 is 1.36 bits per heavy atom. The minimum Gasteiger partial charge on any atom is -0.329 e. The second kappa shape index (κ2) is 4.99. The van der Waals surface area contributed by atoms with Gasteiger partial charge in [0, 0.05) is 22.6 Å². The van der Waals surface area contributed by atoms with Crippen molar-refractivity contribution in [3.05, 3.63) is 33.3 Å². The highest BCUT2D eigenvalue weighted by Gasteiger charge is 2.12. The molecule has 14 heavy (non-hydrogen) atoms. The van der Waals surface area contributed by atoms with Crippen LogP contribution in [0.4, 0.5) is 0 Å². The molecule has 1 rings (SSSR count). The number of benzene rings is 1. The van der Waals surface area contributed by atoms with Gasteiger partial charge < -0.3 is 11.5 Å². The van der Waals surface area contributed by atoms with E-state index in [4.69, 9.17) is 34.7 Å². The molecule has 0 aliphatic carbocycles. The molecule has 0 unspecified atom stereocenters. The molecule has 1 atom stereocenters. The Bertz CT molecular complexity index is 326. The average molecular weight is 233 g/mol. The number of rotatable bonds is 3. The van der Waals surface area contributed by atoms with Gasteiger partial charge in [0.05, 0.1) is 0 Å². The zero-order valence-corrected chi connectivity index (χ0v) is 9.57. The van der Waals surface area contributed by atoms with Gasteiger partial charge in [-0.15, -0.1) is 0 Å². The fourth-order valence-corrected chi connectivity index (χ4v) is 2.10. The van der Waals surface area contributed by atoms with Crippen molar-refractivity contribution in [2.45, 2.75) is 19.4 Å². The minimum absolute atomic E-state index is 0.193. The maximum atomic E-state index is 6.06. The van der Waals surface area contributed by atoms with E-state index in [9.17, 15) is 0 Å². The molecule has 4 N–H and O–H groups in total. The number of hydrogen-bond donors (Lipinski definition) is 2. The summed E-state index contributed by atoms with van der Waals surface area (Å²) in [7, 11) is 0. The predicted octanol–water partition coefficient (Wildman–Crippen LogP) is 2.51. The number of hydrogen-bond acceptors (Lipinski definition) is 2. The molecule has 78 valence electrons. The van der Waals surface area contributed by atoms with Crippen molar-refractivity contribution in [3.63, 3.8) is 0 Å². The first-order valence-electron chi connectivity index (χ1n) is 4.53. The minimum atomic E-state index is -0.193. The highest BCUT2D eigenvalue weighted by atomic mass is 35.5. The largest absolute Gasteiger partial charge is 0.329 e. The Morgan fingerprint density at radius 2 is 2.00 bits per heavy atom. The van der Waals surface area contributed by atoms with E-state index >= 15 is 0 Å². The van der Waals surface area contributed by atoms with E-state index in [1.165, 1.54) is 0 Å². The quantitative estimate of drug-likeness (QED) is 0.842. The van der Waals surface area contributed by atoms with E-state index in [1.807, 2.05) is 13.0 Å². The van der Waals surface area contributed by atoms with Crippen LogP contribution in [-0.2, 0) is 6.42 Å². The first-order chi connectivity index (χ1) is 6.60. The van der Waals surface area contributed by atoms with E-state index in [-0.39, 0.29) is 6.04 Å². The maximum absolute atomic E-state index is 6.06. The molecule has 0 fully saturated rings. The van der Waals surface area contributed by atoms with E-state index in [2.05, 4.69) is 0 Å². The Balaban J connectivity index is 3.24. The van der Waals surface area contributed by atoms with E-state index in [0.29, 0.717) is 16.6 Å². The second-order valence-electron chi connectivity index (χ2n) is 3.15. The second-order valence-corrected chi connectivity index (χ2v) is 3.99. The van der Waals surface area contributed by atoms with E-state index in [1.54, 1.807) is 6.07 Å². The van der Waals surface area contributed by atoms with Crippen molar-refractivity contribution < 1.29 is 0 Å². The molecule has 0 amide bonds. The van der Waals surface area contributed by atoms with Crippen molar-refractivity contribution in [1.82, 2.24) is 0 Å². The third-order valence-electron chi connectivity index (χ3n) is 2.20. The standard InChI is InChI=1S/C10H14Cl2N2/c1-2-7-8(10(14)5-13)3-6(11)4-9(7)12/h3-4,10H,2,5,13-14H2,1H3/t10-/m1/s1. The van der Waals surface area contributed by atoms with Crippen molar-refractivity contribution >= 4 is 23.2 Å². The van der Waals surface area contributed by atoms with Gasteiger partial charge >= 0.3 is 0 Å². The third-order valence-corrected chi connectivity index (χ3v) is 2.76. The topological polar surface area (TPSA) is 52.0 Å². The summed E-state index contributed by atoms with van der Waals surface area (Å²) in [6, 6.07) is 3.37. The normalized spacial score (nSPS) is 12.9. The molecular weight excluding hydrogens is 219 g/mol. The molecule has 4 heteroatoms. The lowest BCUT2D eigenvalue weighted by Crippen LogP contribution is -2.22. The fourth-order valence-electron chi connectivity index (χ4n) is 1.45. The van der Waals surface area contributed by atoms with Crippen LogP contribution in [0, 0.1) is 0 Å². The first-order valence-corrected chi connectivity index (χ1v) is 5.29. The van der Waals surface area contributed by atoms with Crippen molar-refractivity contribution in [1.29, 1.82) is 0 Å². The molecule has 0 heterocycles. The van der Waals surface area contributed by atoms with Crippen LogP contribution in [0.5, 0.6) is 0 Å². The monoisotopic (exact) mass is 232 g/mol. The van der Waals surface area contributed by atoms with Gasteiger partial charge in [0.15, 0.2) is 0 Å². The molecule has 0 saturated carbocycles. The van der Waals surface area contributed by atoms with Crippen molar-refractivity contribution in [2.24, 2.45) is 11.5 Å². The Kier molecular flexibility index (Phi) is 4.20. The molecule has 0 bridgehead atoms. The highest BCUT2D eigenvalue weighted by molar-refractivity contribution is 6.35. The Labute approximate surface area is 94.2 Å². The molecule has 0 saturated heterocycles. The lowest BCUT2D eigenvalue weighted by molar-refractivity contribution is 0.727. The van der Waals surface area contributed by atoms with Gasteiger partial charge in [-0.05, 0) is 29.7 Å². The zero-order valence-electron chi connectivity index (χ0n) is 8.06. The van der Waals surface area contributed by atoms with Crippen LogP contribution < -0.4 is 11.5 Å². The molecule has 0 aromatic heterocycles. The molecule has 0 spiro atoms. The van der Waals surface area contributed by atoms with Gasteiger partial charge in [0.25, 0.3) is 0 Å². The smallest absolute Gasteiger partial charge is 0.0456 e. The molecule has 1 aromatic rings. The summed E-state index contributed by atoms with van der Waals surface area (Å²) in [5.41, 5.74) is 13.4. The summed E-state index contributed by atoms with van der Waals surface area (Å²) >= 11 is 12.0. The van der Waals surface area contributed by atoms with Crippen molar-refractivity contribution in [3.8, 4) is 0 Å². The van der Waals surface area contributed by atoms with Gasteiger partial charge in [-0.3, -0.25) is 0 Å². The van der Waals surface area contributed by atoms with Crippen LogP contribution in [0.2, 0.25) is 10.0 Å². The first kappa shape index (κ1) is 11.8. The number of halogens is 2. The lowest BCUT2D eigenvalue weighted by Gasteiger charge is -2.15. The van der Waals surface area contributed by atoms with Crippen LogP contribution in [0.25, 0.3) is 0 Å². The summed E-state index contributed by atoms with van der Waals surface area (Å²) in [5, 5.41) is 1.27. The number of nitrogens with two attached hydrogens (primary N) is 2. The summed E-state index contributed by atoms with van der Waals surface area (Å²) in [4.78, 5) is 0. The summed E-state index contributed by atoms with van der Waals surface area (Å²) in [5.74, 6) is 0. The van der Waals surface area contributed by atoms with Crippen LogP contribution in [-0.4, -0.2) is 6.54 Å². The molecule has 0 aliphatic heterocycles. The van der Waals surface area contributed by atoms with Gasteiger partial charge in [-0.25, -0.2) is 0 Å². The summed E-state index contributed by atoms with van der Waals surface area (Å²) < 4.78 is 0. The molecular formula is C10H14Cl2N2. The lowest BCUT2D eigenvalue weighted by atomic mass is 9.99. The predicted molar refractivity (Wildman–Crippen MR) is 61.8 cm³/mol. The molecule has 1 aromatic carbocycles. The van der Waals surface area contributed by atoms with Crippen LogP contribution >= 0.6 is 23.2 Å². The van der Waals surface area contributed by atoms with Crippen molar-refractivity contribution in [2.75, 3.05) is 6.54 Å². The van der Waals surface area contributed by atoms with Gasteiger partial charge in [0.2, 0.25) is 0 Å². The Morgan fingerprint density at radius 3 is 2.50 bits per heavy atom. The van der Waals surface area contributed by atoms with Gasteiger partial charge in [0.1, 0.15) is 0 Å². The van der Waals surface area contributed by atoms with Crippen LogP contribution in [0.1, 0.15) is 24.1 Å². The highest BCUT2D eigenvalue weighted by Crippen LogP contribution is 2.28. The maximum Gasteiger partial charge on any atom is 0.0456 e. The van der Waals surface area contributed by atoms with E-state index in [0.717, 1.165) is 17.5 Å². The average Bonchev–Trinajstić information content (AvgIpc) is 2.15. The van der Waals surface area contributed by atoms with E-state index < -0.39 is 0 Å². The summed E-state index contributed by atoms with van der Waals surface area (Å²) in [6.45, 7) is 2.42. The molecule has 2 nitrogen and oxygen atoms in total.